The van der Waals surface area contributed by atoms with Crippen molar-refractivity contribution in [2.45, 2.75) is 6.67 Å². The molecule has 2 nitrogen and oxygen atoms in total. The molecule has 2 aromatic rings. The van der Waals surface area contributed by atoms with Gasteiger partial charge in [0, 0.05) is 26.3 Å². The van der Waals surface area contributed by atoms with Gasteiger partial charge in [-0.05, 0) is 24.3 Å². The topological polar surface area (TPSA) is 25.8 Å². The van der Waals surface area contributed by atoms with Crippen molar-refractivity contribution in [2.75, 3.05) is 0 Å². The number of hydrogen-bond donors (Lipinski definition) is 0. The van der Waals surface area contributed by atoms with E-state index in [1.165, 1.54) is 0 Å². The van der Waals surface area contributed by atoms with Crippen LogP contribution in [0.4, 0.5) is 4.39 Å². The first-order valence-electron chi connectivity index (χ1n) is 4.33. The van der Waals surface area contributed by atoms with Crippen molar-refractivity contribution in [1.82, 2.24) is 9.97 Å². The van der Waals surface area contributed by atoms with Crippen LogP contribution < -0.4 is 0 Å². The molecule has 2 aromatic heterocycles. The molecule has 0 aliphatic rings. The Labute approximate surface area is 101 Å². The van der Waals surface area contributed by atoms with E-state index in [4.69, 9.17) is 0 Å². The SMILES string of the molecule is FCc1cccc(-c2ccccn2)n1.[Ir]. The fourth-order valence-electron chi connectivity index (χ4n) is 1.21. The van der Waals surface area contributed by atoms with Crippen LogP contribution in [-0.4, -0.2) is 9.97 Å². The summed E-state index contributed by atoms with van der Waals surface area (Å²) in [6.45, 7) is -0.541. The molecule has 0 amide bonds. The second-order valence-corrected chi connectivity index (χ2v) is 2.86. The van der Waals surface area contributed by atoms with Crippen molar-refractivity contribution >= 4 is 0 Å². The summed E-state index contributed by atoms with van der Waals surface area (Å²) in [6.07, 6.45) is 1.69. The number of halogens is 1. The zero-order chi connectivity index (χ0) is 9.80. The number of aromatic nitrogens is 2. The zero-order valence-corrected chi connectivity index (χ0v) is 10.2. The third kappa shape index (κ3) is 2.91. The molecule has 79 valence electrons. The predicted molar refractivity (Wildman–Crippen MR) is 52.3 cm³/mol. The van der Waals surface area contributed by atoms with E-state index in [-0.39, 0.29) is 20.1 Å². The molecule has 4 heteroatoms. The molecule has 0 bridgehead atoms. The van der Waals surface area contributed by atoms with E-state index >= 15 is 0 Å². The van der Waals surface area contributed by atoms with Gasteiger partial charge in [-0.1, -0.05) is 12.1 Å². The summed E-state index contributed by atoms with van der Waals surface area (Å²) in [4.78, 5) is 8.26. The Morgan fingerprint density at radius 1 is 1.00 bits per heavy atom. The van der Waals surface area contributed by atoms with Gasteiger partial charge in [-0.2, -0.15) is 0 Å². The Hall–Kier alpha value is -1.12. The first-order valence-corrected chi connectivity index (χ1v) is 4.33. The Bertz CT molecular complexity index is 420. The number of alkyl halides is 1. The van der Waals surface area contributed by atoms with Crippen molar-refractivity contribution < 1.29 is 24.5 Å². The van der Waals surface area contributed by atoms with Gasteiger partial charge in [0.15, 0.2) is 0 Å². The Balaban J connectivity index is 0.00000112. The van der Waals surface area contributed by atoms with Crippen LogP contribution in [0.2, 0.25) is 0 Å². The van der Waals surface area contributed by atoms with Crippen molar-refractivity contribution in [3.8, 4) is 11.4 Å². The monoisotopic (exact) mass is 381 g/mol. The second kappa shape index (κ2) is 5.69. The van der Waals surface area contributed by atoms with Crippen molar-refractivity contribution in [1.29, 1.82) is 0 Å². The average molecular weight is 380 g/mol. The maximum atomic E-state index is 12.3. The fourth-order valence-corrected chi connectivity index (χ4v) is 1.21. The number of hydrogen-bond acceptors (Lipinski definition) is 2. The van der Waals surface area contributed by atoms with Gasteiger partial charge >= 0.3 is 0 Å². The van der Waals surface area contributed by atoms with Gasteiger partial charge in [0.1, 0.15) is 6.67 Å². The molecule has 0 atom stereocenters. The van der Waals surface area contributed by atoms with Gasteiger partial charge in [-0.3, -0.25) is 4.98 Å². The maximum absolute atomic E-state index is 12.3. The molecule has 0 fully saturated rings. The molecule has 2 rings (SSSR count). The normalized spacial score (nSPS) is 9.40. The smallest absolute Gasteiger partial charge is 0.131 e. The standard InChI is InChI=1S/C11H9FN2.Ir/c12-8-9-4-3-6-11(14-9)10-5-1-2-7-13-10;/h1-7H,8H2;. The molecular weight excluding hydrogens is 371 g/mol. The molecule has 0 unspecified atom stereocenters. The van der Waals surface area contributed by atoms with E-state index in [1.807, 2.05) is 24.3 Å². The Morgan fingerprint density at radius 2 is 1.80 bits per heavy atom. The first kappa shape index (κ1) is 12.0. The quantitative estimate of drug-likeness (QED) is 0.801. The van der Waals surface area contributed by atoms with Crippen LogP contribution in [-0.2, 0) is 26.8 Å². The van der Waals surface area contributed by atoms with Gasteiger partial charge in [-0.25, -0.2) is 9.37 Å². The van der Waals surface area contributed by atoms with Crippen LogP contribution in [0.3, 0.4) is 0 Å². The molecule has 0 saturated carbocycles. The zero-order valence-electron chi connectivity index (χ0n) is 7.85. The molecule has 2 heterocycles. The number of nitrogens with zero attached hydrogens (tertiary/aromatic N) is 2. The van der Waals surface area contributed by atoms with Gasteiger partial charge in [0.2, 0.25) is 0 Å². The average Bonchev–Trinajstić information content (AvgIpc) is 2.30. The summed E-state index contributed by atoms with van der Waals surface area (Å²) in [6, 6.07) is 10.8. The summed E-state index contributed by atoms with van der Waals surface area (Å²) in [5, 5.41) is 0. The van der Waals surface area contributed by atoms with E-state index in [9.17, 15) is 4.39 Å². The second-order valence-electron chi connectivity index (χ2n) is 2.86. The summed E-state index contributed by atoms with van der Waals surface area (Å²) in [5.41, 5.74) is 1.91. The fraction of sp³-hybridized carbons (Fsp3) is 0.0909. The molecule has 0 aromatic carbocycles. The van der Waals surface area contributed by atoms with Crippen LogP contribution in [0, 0.1) is 0 Å². The third-order valence-corrected chi connectivity index (χ3v) is 1.87. The van der Waals surface area contributed by atoms with Crippen LogP contribution in [0.25, 0.3) is 11.4 Å². The van der Waals surface area contributed by atoms with Crippen molar-refractivity contribution in [2.24, 2.45) is 0 Å². The maximum Gasteiger partial charge on any atom is 0.131 e. The van der Waals surface area contributed by atoms with Gasteiger partial charge < -0.3 is 0 Å². The summed E-state index contributed by atoms with van der Waals surface area (Å²) in [7, 11) is 0. The molecule has 0 spiro atoms. The van der Waals surface area contributed by atoms with Crippen molar-refractivity contribution in [3.63, 3.8) is 0 Å². The minimum absolute atomic E-state index is 0. The minimum Gasteiger partial charge on any atom is -0.255 e. The summed E-state index contributed by atoms with van der Waals surface area (Å²) in [5.74, 6) is 0. The molecule has 0 aliphatic heterocycles. The summed E-state index contributed by atoms with van der Waals surface area (Å²) >= 11 is 0. The number of rotatable bonds is 2. The van der Waals surface area contributed by atoms with Crippen LogP contribution in [0.15, 0.2) is 42.6 Å². The van der Waals surface area contributed by atoms with Gasteiger partial charge in [0.05, 0.1) is 17.1 Å². The van der Waals surface area contributed by atoms with E-state index in [1.54, 1.807) is 18.3 Å². The molecule has 0 N–H and O–H groups in total. The third-order valence-electron chi connectivity index (χ3n) is 1.87. The molecule has 1 radical (unpaired) electrons. The molecule has 0 saturated heterocycles. The summed E-state index contributed by atoms with van der Waals surface area (Å²) < 4.78 is 12.3. The first-order chi connectivity index (χ1) is 6.90. The molecular formula is C11H9FIrN2. The van der Waals surface area contributed by atoms with E-state index < -0.39 is 6.67 Å². The largest absolute Gasteiger partial charge is 0.255 e. The van der Waals surface area contributed by atoms with Crippen molar-refractivity contribution in [3.05, 3.63) is 48.3 Å². The van der Waals surface area contributed by atoms with E-state index in [0.717, 1.165) is 5.69 Å². The van der Waals surface area contributed by atoms with Crippen LogP contribution in [0.5, 0.6) is 0 Å². The van der Waals surface area contributed by atoms with Gasteiger partial charge in [0.25, 0.3) is 0 Å². The van der Waals surface area contributed by atoms with Crippen LogP contribution >= 0.6 is 0 Å². The minimum atomic E-state index is -0.541. The Kier molecular flexibility index (Phi) is 4.53. The predicted octanol–water partition coefficient (Wildman–Crippen LogP) is 2.61. The Morgan fingerprint density at radius 3 is 2.47 bits per heavy atom. The van der Waals surface area contributed by atoms with Crippen LogP contribution in [0.1, 0.15) is 5.69 Å². The van der Waals surface area contributed by atoms with Gasteiger partial charge in [-0.15, -0.1) is 0 Å². The van der Waals surface area contributed by atoms with E-state index in [0.29, 0.717) is 11.4 Å². The number of pyridine rings is 2. The molecule has 15 heavy (non-hydrogen) atoms. The molecule has 0 aliphatic carbocycles. The van der Waals surface area contributed by atoms with E-state index in [2.05, 4.69) is 9.97 Å².